The van der Waals surface area contributed by atoms with Crippen molar-refractivity contribution >= 4 is 17.5 Å². The molecule has 16 heavy (non-hydrogen) atoms. The summed E-state index contributed by atoms with van der Waals surface area (Å²) in [6, 6.07) is 7.97. The van der Waals surface area contributed by atoms with Gasteiger partial charge in [0.25, 0.3) is 0 Å². The first-order valence-corrected chi connectivity index (χ1v) is 5.63. The largest absolute Gasteiger partial charge is 0.375 e. The summed E-state index contributed by atoms with van der Waals surface area (Å²) in [5, 5.41) is 3.68. The van der Waals surface area contributed by atoms with Crippen molar-refractivity contribution in [2.75, 3.05) is 13.7 Å². The number of amides is 1. The molecule has 2 atom stereocenters. The number of nitrogens with one attached hydrogen (secondary N) is 1. The van der Waals surface area contributed by atoms with E-state index >= 15 is 0 Å². The average molecular weight is 240 g/mol. The van der Waals surface area contributed by atoms with Gasteiger partial charge in [-0.3, -0.25) is 4.79 Å². The fourth-order valence-corrected chi connectivity index (χ4v) is 2.13. The van der Waals surface area contributed by atoms with Crippen molar-refractivity contribution < 1.29 is 9.53 Å². The molecule has 1 aromatic rings. The van der Waals surface area contributed by atoms with E-state index < -0.39 is 0 Å². The number of carbonyl (C=O) groups excluding carboxylic acids is 1. The molecule has 0 radical (unpaired) electrons. The van der Waals surface area contributed by atoms with Crippen LogP contribution in [0.2, 0.25) is 5.02 Å². The third-order valence-electron chi connectivity index (χ3n) is 2.72. The molecule has 0 heterocycles. The second-order valence-corrected chi connectivity index (χ2v) is 4.38. The first-order chi connectivity index (χ1) is 7.72. The Labute approximate surface area is 99.7 Å². The zero-order chi connectivity index (χ0) is 11.5. The number of benzene rings is 1. The number of hydrogen-bond donors (Lipinski definition) is 1. The number of methoxy groups -OCH3 is 1. The summed E-state index contributed by atoms with van der Waals surface area (Å²) in [6.45, 7) is 0.117. The quantitative estimate of drug-likeness (QED) is 0.872. The van der Waals surface area contributed by atoms with E-state index in [4.69, 9.17) is 16.3 Å². The van der Waals surface area contributed by atoms with Gasteiger partial charge in [0.1, 0.15) is 6.61 Å². The van der Waals surface area contributed by atoms with Crippen LogP contribution < -0.4 is 5.32 Å². The van der Waals surface area contributed by atoms with E-state index in [1.165, 1.54) is 7.11 Å². The molecular formula is C12H14ClNO2. The van der Waals surface area contributed by atoms with Crippen molar-refractivity contribution in [3.63, 3.8) is 0 Å². The van der Waals surface area contributed by atoms with Crippen LogP contribution in [0.5, 0.6) is 0 Å². The molecule has 1 fully saturated rings. The van der Waals surface area contributed by atoms with Gasteiger partial charge in [-0.2, -0.15) is 0 Å². The van der Waals surface area contributed by atoms with Gasteiger partial charge < -0.3 is 10.1 Å². The van der Waals surface area contributed by atoms with Crippen LogP contribution in [-0.2, 0) is 9.53 Å². The molecule has 1 aliphatic carbocycles. The summed E-state index contributed by atoms with van der Waals surface area (Å²) in [6.07, 6.45) is 0.958. The number of hydrogen-bond acceptors (Lipinski definition) is 2. The maximum Gasteiger partial charge on any atom is 0.246 e. The Morgan fingerprint density at radius 3 is 3.00 bits per heavy atom. The molecule has 1 saturated carbocycles. The molecular weight excluding hydrogens is 226 g/mol. The van der Waals surface area contributed by atoms with E-state index in [2.05, 4.69) is 5.32 Å². The van der Waals surface area contributed by atoms with Crippen molar-refractivity contribution in [2.24, 2.45) is 0 Å². The first-order valence-electron chi connectivity index (χ1n) is 5.25. The summed E-state index contributed by atoms with van der Waals surface area (Å²) >= 11 is 6.08. The zero-order valence-electron chi connectivity index (χ0n) is 9.07. The third-order valence-corrected chi connectivity index (χ3v) is 3.06. The van der Waals surface area contributed by atoms with Gasteiger partial charge in [0.15, 0.2) is 0 Å². The summed E-state index contributed by atoms with van der Waals surface area (Å²) in [5.74, 6) is 0.288. The Kier molecular flexibility index (Phi) is 3.46. The first kappa shape index (κ1) is 11.4. The Balaban J connectivity index is 1.92. The molecule has 2 rings (SSSR count). The van der Waals surface area contributed by atoms with Crippen LogP contribution in [0.4, 0.5) is 0 Å². The molecule has 1 aliphatic rings. The van der Waals surface area contributed by atoms with Crippen LogP contribution in [0, 0.1) is 0 Å². The van der Waals surface area contributed by atoms with Crippen molar-refractivity contribution in [2.45, 2.75) is 18.4 Å². The Hall–Kier alpha value is -1.06. The molecule has 4 heteroatoms. The number of halogens is 1. The normalized spacial score (nSPS) is 22.9. The molecule has 86 valence electrons. The maximum absolute atomic E-state index is 11.3. The van der Waals surface area contributed by atoms with Crippen molar-refractivity contribution in [3.8, 4) is 0 Å². The van der Waals surface area contributed by atoms with Crippen molar-refractivity contribution in [1.82, 2.24) is 5.32 Å². The molecule has 1 N–H and O–H groups in total. The molecule has 1 aromatic carbocycles. The van der Waals surface area contributed by atoms with Gasteiger partial charge >= 0.3 is 0 Å². The highest BCUT2D eigenvalue weighted by atomic mass is 35.5. The minimum Gasteiger partial charge on any atom is -0.375 e. The van der Waals surface area contributed by atoms with E-state index in [1.54, 1.807) is 0 Å². The molecule has 3 nitrogen and oxygen atoms in total. The van der Waals surface area contributed by atoms with Crippen LogP contribution >= 0.6 is 11.6 Å². The monoisotopic (exact) mass is 239 g/mol. The van der Waals surface area contributed by atoms with E-state index in [-0.39, 0.29) is 18.6 Å². The topological polar surface area (TPSA) is 38.3 Å². The highest BCUT2D eigenvalue weighted by Crippen LogP contribution is 2.43. The lowest BCUT2D eigenvalue weighted by Crippen LogP contribution is -2.29. The maximum atomic E-state index is 11.3. The minimum atomic E-state index is -0.0675. The lowest BCUT2D eigenvalue weighted by molar-refractivity contribution is -0.124. The van der Waals surface area contributed by atoms with Crippen LogP contribution in [0.25, 0.3) is 0 Å². The molecule has 0 spiro atoms. The van der Waals surface area contributed by atoms with Gasteiger partial charge in [-0.05, 0) is 18.1 Å². The van der Waals surface area contributed by atoms with Crippen molar-refractivity contribution in [3.05, 3.63) is 34.9 Å². The van der Waals surface area contributed by atoms with Crippen molar-refractivity contribution in [1.29, 1.82) is 0 Å². The minimum absolute atomic E-state index is 0.0675. The predicted molar refractivity (Wildman–Crippen MR) is 62.6 cm³/mol. The third kappa shape index (κ3) is 2.54. The summed E-state index contributed by atoms with van der Waals surface area (Å²) < 4.78 is 4.76. The van der Waals surface area contributed by atoms with E-state index in [0.717, 1.165) is 17.0 Å². The van der Waals surface area contributed by atoms with Gasteiger partial charge in [0, 0.05) is 24.1 Å². The van der Waals surface area contributed by atoms with Crippen LogP contribution in [0.1, 0.15) is 17.9 Å². The molecule has 0 aromatic heterocycles. The SMILES string of the molecule is COCC(=O)N[C@H]1C[C@@H]1c1ccccc1Cl. The predicted octanol–water partition coefficient (Wildman–Crippen LogP) is 1.96. The second-order valence-electron chi connectivity index (χ2n) is 3.97. The van der Waals surface area contributed by atoms with Gasteiger partial charge in [-0.25, -0.2) is 0 Å². The molecule has 0 bridgehead atoms. The smallest absolute Gasteiger partial charge is 0.246 e. The Morgan fingerprint density at radius 2 is 2.31 bits per heavy atom. The van der Waals surface area contributed by atoms with Crippen LogP contribution in [0.15, 0.2) is 24.3 Å². The fourth-order valence-electron chi connectivity index (χ4n) is 1.85. The van der Waals surface area contributed by atoms with Crippen LogP contribution in [0.3, 0.4) is 0 Å². The Bertz CT molecular complexity index is 394. The van der Waals surface area contributed by atoms with E-state index in [1.807, 2.05) is 24.3 Å². The molecule has 0 aliphatic heterocycles. The highest BCUT2D eigenvalue weighted by Gasteiger charge is 2.40. The zero-order valence-corrected chi connectivity index (χ0v) is 9.83. The summed E-state index contributed by atoms with van der Waals surface area (Å²) in [4.78, 5) is 11.3. The lowest BCUT2D eigenvalue weighted by Gasteiger charge is -2.05. The number of carbonyl (C=O) groups is 1. The molecule has 0 unspecified atom stereocenters. The van der Waals surface area contributed by atoms with E-state index in [0.29, 0.717) is 5.92 Å². The second kappa shape index (κ2) is 4.85. The van der Waals surface area contributed by atoms with Crippen LogP contribution in [-0.4, -0.2) is 25.7 Å². The highest BCUT2D eigenvalue weighted by molar-refractivity contribution is 6.31. The van der Waals surface area contributed by atoms with E-state index in [9.17, 15) is 4.79 Å². The number of rotatable bonds is 4. The molecule has 1 amide bonds. The lowest BCUT2D eigenvalue weighted by atomic mass is 10.1. The average Bonchev–Trinajstić information content (AvgIpc) is 2.98. The Morgan fingerprint density at radius 1 is 1.56 bits per heavy atom. The van der Waals surface area contributed by atoms with Gasteiger partial charge in [0.2, 0.25) is 5.91 Å². The number of ether oxygens (including phenoxy) is 1. The fraction of sp³-hybridized carbons (Fsp3) is 0.417. The standard InChI is InChI=1S/C12H14ClNO2/c1-16-7-12(15)14-11-6-9(11)8-4-2-3-5-10(8)13/h2-5,9,11H,6-7H2,1H3,(H,14,15)/t9-,11+/m1/s1. The van der Waals surface area contributed by atoms with Gasteiger partial charge in [0.05, 0.1) is 0 Å². The summed E-state index contributed by atoms with van der Waals surface area (Å²) in [7, 11) is 1.51. The van der Waals surface area contributed by atoms with Gasteiger partial charge in [-0.15, -0.1) is 0 Å². The summed E-state index contributed by atoms with van der Waals surface area (Å²) in [5.41, 5.74) is 1.12. The molecule has 0 saturated heterocycles. The van der Waals surface area contributed by atoms with Gasteiger partial charge in [-0.1, -0.05) is 29.8 Å².